The molecule has 4 heterocycles. The highest BCUT2D eigenvalue weighted by Gasteiger charge is 2.34. The van der Waals surface area contributed by atoms with Crippen LogP contribution in [0.1, 0.15) is 52.3 Å². The van der Waals surface area contributed by atoms with E-state index < -0.39 is 17.3 Å². The van der Waals surface area contributed by atoms with E-state index in [0.29, 0.717) is 31.0 Å². The van der Waals surface area contributed by atoms with Crippen molar-refractivity contribution >= 4 is 22.8 Å². The fourth-order valence-electron chi connectivity index (χ4n) is 5.70. The van der Waals surface area contributed by atoms with E-state index in [1.54, 1.807) is 23.2 Å². The van der Waals surface area contributed by atoms with Crippen LogP contribution in [0, 0.1) is 30.4 Å². The Bertz CT molecular complexity index is 1890. The van der Waals surface area contributed by atoms with Gasteiger partial charge in [0.25, 0.3) is 5.91 Å². The van der Waals surface area contributed by atoms with Gasteiger partial charge in [-0.1, -0.05) is 39.3 Å². The second-order valence-electron chi connectivity index (χ2n) is 12.1. The molecule has 0 saturated carbocycles. The molecule has 4 aromatic rings. The average molecular weight is 630 g/mol. The maximum absolute atomic E-state index is 15.9. The van der Waals surface area contributed by atoms with Crippen molar-refractivity contribution in [1.29, 1.82) is 0 Å². The van der Waals surface area contributed by atoms with E-state index in [4.69, 9.17) is 0 Å². The number of carbonyl (C=O) groups is 1. The SMILES string of the molecule is C.Cc1ccnc(C(C)C)c1-n1c(=O)nc(N2C[C@@H](C)N(C(=O)C#CCN(C)C)C[C@@H]2C)c2cc(F)c(-c3ccccc3F)nc21. The monoisotopic (exact) mass is 629 g/mol. The van der Waals surface area contributed by atoms with Gasteiger partial charge in [0.1, 0.15) is 23.1 Å². The van der Waals surface area contributed by atoms with E-state index in [9.17, 15) is 14.0 Å². The maximum Gasteiger partial charge on any atom is 0.355 e. The second kappa shape index (κ2) is 13.7. The summed E-state index contributed by atoms with van der Waals surface area (Å²) in [5.41, 5.74) is 1.19. The number of hydrogen-bond donors (Lipinski definition) is 0. The Morgan fingerprint density at radius 1 is 1.07 bits per heavy atom. The van der Waals surface area contributed by atoms with E-state index in [-0.39, 0.29) is 59.4 Å². The van der Waals surface area contributed by atoms with E-state index in [2.05, 4.69) is 26.8 Å². The van der Waals surface area contributed by atoms with Gasteiger partial charge in [-0.2, -0.15) is 4.98 Å². The lowest BCUT2D eigenvalue weighted by Gasteiger charge is -2.44. The van der Waals surface area contributed by atoms with Gasteiger partial charge in [-0.05, 0) is 76.5 Å². The van der Waals surface area contributed by atoms with Crippen LogP contribution in [0.3, 0.4) is 0 Å². The number of hydrogen-bond acceptors (Lipinski definition) is 7. The first-order valence-corrected chi connectivity index (χ1v) is 14.9. The number of benzene rings is 1. The van der Waals surface area contributed by atoms with E-state index >= 15 is 4.39 Å². The van der Waals surface area contributed by atoms with Gasteiger partial charge < -0.3 is 9.80 Å². The third-order valence-corrected chi connectivity index (χ3v) is 7.96. The molecular formula is C35H41F2N7O2. The molecule has 5 rings (SSSR count). The van der Waals surface area contributed by atoms with Gasteiger partial charge in [0.15, 0.2) is 5.65 Å². The maximum atomic E-state index is 15.9. The van der Waals surface area contributed by atoms with Gasteiger partial charge in [-0.3, -0.25) is 14.7 Å². The third-order valence-electron chi connectivity index (χ3n) is 7.96. The first kappa shape index (κ1) is 34.2. The molecule has 1 saturated heterocycles. The minimum absolute atomic E-state index is 0. The number of halogens is 2. The number of carbonyl (C=O) groups excluding carboxylic acids is 1. The number of aryl methyl sites for hydroxylation is 1. The quantitative estimate of drug-likeness (QED) is 0.281. The molecule has 1 aliphatic rings. The Labute approximate surface area is 268 Å². The summed E-state index contributed by atoms with van der Waals surface area (Å²) < 4.78 is 32.2. The molecule has 0 N–H and O–H groups in total. The van der Waals surface area contributed by atoms with Crippen LogP contribution in [0.2, 0.25) is 0 Å². The van der Waals surface area contributed by atoms with Crippen LogP contribution in [0.25, 0.3) is 28.0 Å². The summed E-state index contributed by atoms with van der Waals surface area (Å²) >= 11 is 0. The highest BCUT2D eigenvalue weighted by atomic mass is 19.1. The highest BCUT2D eigenvalue weighted by Crippen LogP contribution is 2.34. The van der Waals surface area contributed by atoms with Crippen LogP contribution in [0.5, 0.6) is 0 Å². The lowest BCUT2D eigenvalue weighted by atomic mass is 10.0. The van der Waals surface area contributed by atoms with Crippen molar-refractivity contribution in [2.45, 2.75) is 60.0 Å². The van der Waals surface area contributed by atoms with Gasteiger partial charge in [-0.15, -0.1) is 0 Å². The minimum atomic E-state index is -0.751. The molecule has 46 heavy (non-hydrogen) atoms. The van der Waals surface area contributed by atoms with Gasteiger partial charge in [0.2, 0.25) is 0 Å². The Morgan fingerprint density at radius 2 is 1.78 bits per heavy atom. The van der Waals surface area contributed by atoms with Crippen molar-refractivity contribution in [1.82, 2.24) is 29.3 Å². The molecule has 1 fully saturated rings. The predicted octanol–water partition coefficient (Wildman–Crippen LogP) is 5.18. The number of anilines is 1. The molecule has 0 aliphatic carbocycles. The molecule has 242 valence electrons. The Hall–Kier alpha value is -4.69. The lowest BCUT2D eigenvalue weighted by molar-refractivity contribution is -0.127. The summed E-state index contributed by atoms with van der Waals surface area (Å²) in [6.45, 7) is 10.7. The standard InChI is InChI=1S/C34H37F2N7O2.CH4/c1-20(2)29-31(21(3)14-15-37-29)43-33-25(17-27(36)30(38-33)24-11-8-9-12-26(24)35)32(39-34(43)45)42-19-22(4)41(18-23(42)5)28(44)13-10-16-40(6)7;/h8-9,11-12,14-15,17,20,22-23H,16,18-19H2,1-7H3;1H4/t22-,23+;/m1./s1. The molecular weight excluding hydrogens is 588 g/mol. The average Bonchev–Trinajstić information content (AvgIpc) is 2.98. The minimum Gasteiger partial charge on any atom is -0.349 e. The van der Waals surface area contributed by atoms with Crippen LogP contribution in [-0.4, -0.2) is 81.0 Å². The zero-order valence-corrected chi connectivity index (χ0v) is 26.6. The van der Waals surface area contributed by atoms with Crippen LogP contribution in [0.4, 0.5) is 14.6 Å². The topological polar surface area (TPSA) is 87.5 Å². The van der Waals surface area contributed by atoms with Crippen molar-refractivity contribution in [3.8, 4) is 28.8 Å². The number of pyridine rings is 2. The van der Waals surface area contributed by atoms with Gasteiger partial charge in [-0.25, -0.2) is 23.1 Å². The summed E-state index contributed by atoms with van der Waals surface area (Å²) in [6.07, 6.45) is 1.68. The molecule has 0 radical (unpaired) electrons. The molecule has 2 atom stereocenters. The summed E-state index contributed by atoms with van der Waals surface area (Å²) in [5, 5.41) is 0.287. The number of piperazine rings is 1. The molecule has 0 unspecified atom stereocenters. The predicted molar refractivity (Wildman–Crippen MR) is 178 cm³/mol. The van der Waals surface area contributed by atoms with Crippen molar-refractivity contribution in [3.63, 3.8) is 0 Å². The number of aromatic nitrogens is 4. The largest absolute Gasteiger partial charge is 0.355 e. The van der Waals surface area contributed by atoms with Crippen LogP contribution >= 0.6 is 0 Å². The number of fused-ring (bicyclic) bond motifs is 1. The van der Waals surface area contributed by atoms with Crippen molar-refractivity contribution < 1.29 is 13.6 Å². The fourth-order valence-corrected chi connectivity index (χ4v) is 5.70. The highest BCUT2D eigenvalue weighted by molar-refractivity contribution is 5.94. The van der Waals surface area contributed by atoms with Crippen LogP contribution in [0.15, 0.2) is 47.4 Å². The summed E-state index contributed by atoms with van der Waals surface area (Å²) in [5.74, 6) is 4.14. The van der Waals surface area contributed by atoms with Crippen LogP contribution in [-0.2, 0) is 4.79 Å². The summed E-state index contributed by atoms with van der Waals surface area (Å²) in [7, 11) is 3.76. The lowest BCUT2D eigenvalue weighted by Crippen LogP contribution is -2.58. The van der Waals surface area contributed by atoms with Crippen LogP contribution < -0.4 is 10.6 Å². The smallest absolute Gasteiger partial charge is 0.349 e. The Kier molecular flexibility index (Phi) is 10.2. The zero-order valence-electron chi connectivity index (χ0n) is 26.6. The fraction of sp³-hybridized carbons (Fsp3) is 0.400. The van der Waals surface area contributed by atoms with E-state index in [0.717, 1.165) is 5.56 Å². The van der Waals surface area contributed by atoms with Gasteiger partial charge in [0.05, 0.1) is 23.3 Å². The molecule has 3 aromatic heterocycles. The third kappa shape index (κ3) is 6.49. The molecule has 1 amide bonds. The number of rotatable bonds is 5. The first-order chi connectivity index (χ1) is 21.4. The zero-order chi connectivity index (χ0) is 32.6. The van der Waals surface area contributed by atoms with Gasteiger partial charge in [0, 0.05) is 36.9 Å². The number of nitrogens with zero attached hydrogens (tertiary/aromatic N) is 7. The Morgan fingerprint density at radius 3 is 2.46 bits per heavy atom. The van der Waals surface area contributed by atoms with E-state index in [1.807, 2.05) is 58.5 Å². The molecule has 0 bridgehead atoms. The number of amides is 1. The normalized spacial score (nSPS) is 16.4. The van der Waals surface area contributed by atoms with E-state index in [1.165, 1.54) is 28.8 Å². The van der Waals surface area contributed by atoms with Crippen molar-refractivity contribution in [2.24, 2.45) is 0 Å². The Balaban J connectivity index is 0.00000480. The summed E-state index contributed by atoms with van der Waals surface area (Å²) in [6, 6.07) is 8.31. The van der Waals surface area contributed by atoms with Crippen molar-refractivity contribution in [2.75, 3.05) is 38.6 Å². The van der Waals surface area contributed by atoms with Gasteiger partial charge >= 0.3 is 5.69 Å². The van der Waals surface area contributed by atoms with Crippen molar-refractivity contribution in [3.05, 3.63) is 76.0 Å². The second-order valence-corrected chi connectivity index (χ2v) is 12.1. The first-order valence-electron chi connectivity index (χ1n) is 14.9. The molecule has 1 aliphatic heterocycles. The molecule has 9 nitrogen and oxygen atoms in total. The summed E-state index contributed by atoms with van der Waals surface area (Å²) in [4.78, 5) is 46.2. The molecule has 1 aromatic carbocycles. The molecule has 0 spiro atoms. The molecule has 11 heteroatoms.